The Bertz CT molecular complexity index is 350. The molecule has 0 unspecified atom stereocenters. The van der Waals surface area contributed by atoms with E-state index in [0.29, 0.717) is 0 Å². The molecule has 0 saturated carbocycles. The maximum atomic E-state index is 4.18. The van der Waals surface area contributed by atoms with Gasteiger partial charge in [0.1, 0.15) is 0 Å². The average Bonchev–Trinajstić information content (AvgIpc) is 2.65. The third-order valence-corrected chi connectivity index (χ3v) is 2.65. The van der Waals surface area contributed by atoms with Gasteiger partial charge in [0, 0.05) is 17.3 Å². The van der Waals surface area contributed by atoms with E-state index >= 15 is 0 Å². The molecule has 0 spiro atoms. The van der Waals surface area contributed by atoms with Crippen molar-refractivity contribution in [2.24, 2.45) is 0 Å². The second-order valence-corrected chi connectivity index (χ2v) is 3.54. The molecule has 0 radical (unpaired) electrons. The Morgan fingerprint density at radius 2 is 2.50 bits per heavy atom. The van der Waals surface area contributed by atoms with Crippen LogP contribution in [0.4, 0.5) is 0 Å². The van der Waals surface area contributed by atoms with Crippen molar-refractivity contribution >= 4 is 11.3 Å². The van der Waals surface area contributed by atoms with Gasteiger partial charge in [-0.15, -0.1) is 11.3 Å². The zero-order valence-electron chi connectivity index (χ0n) is 6.77. The highest BCUT2D eigenvalue weighted by Crippen LogP contribution is 2.13. The van der Waals surface area contributed by atoms with E-state index < -0.39 is 0 Å². The van der Waals surface area contributed by atoms with E-state index in [9.17, 15) is 0 Å². The fourth-order valence-corrected chi connectivity index (χ4v) is 1.81. The number of hydrogen-bond acceptors (Lipinski definition) is 3. The van der Waals surface area contributed by atoms with Crippen molar-refractivity contribution in [3.8, 4) is 0 Å². The van der Waals surface area contributed by atoms with Crippen molar-refractivity contribution in [2.45, 2.75) is 13.5 Å². The molecule has 0 fully saturated rings. The van der Waals surface area contributed by atoms with E-state index in [4.69, 9.17) is 0 Å². The molecule has 3 nitrogen and oxygen atoms in total. The average molecular weight is 179 g/mol. The maximum Gasteiger partial charge on any atom is 0.0949 e. The van der Waals surface area contributed by atoms with Crippen LogP contribution in [0.1, 0.15) is 10.6 Å². The van der Waals surface area contributed by atoms with E-state index in [2.05, 4.69) is 9.97 Å². The van der Waals surface area contributed by atoms with E-state index in [1.165, 1.54) is 4.88 Å². The summed E-state index contributed by atoms with van der Waals surface area (Å²) in [4.78, 5) is 9.46. The fourth-order valence-electron chi connectivity index (χ4n) is 1.02. The molecule has 0 atom stereocenters. The monoisotopic (exact) mass is 179 g/mol. The van der Waals surface area contributed by atoms with Gasteiger partial charge < -0.3 is 4.57 Å². The number of hydrogen-bond donors (Lipinski definition) is 0. The molecule has 2 aromatic heterocycles. The lowest BCUT2D eigenvalue weighted by molar-refractivity contribution is 0.802. The summed E-state index contributed by atoms with van der Waals surface area (Å²) in [6.45, 7) is 2.92. The lowest BCUT2D eigenvalue weighted by atomic mass is 10.4. The highest BCUT2D eigenvalue weighted by molar-refractivity contribution is 7.09. The van der Waals surface area contributed by atoms with E-state index in [0.717, 1.165) is 12.2 Å². The van der Waals surface area contributed by atoms with Crippen LogP contribution in [0, 0.1) is 6.92 Å². The minimum Gasteiger partial charge on any atom is -0.332 e. The molecule has 2 aromatic rings. The number of rotatable bonds is 2. The Kier molecular flexibility index (Phi) is 1.91. The molecule has 0 aromatic carbocycles. The van der Waals surface area contributed by atoms with Crippen LogP contribution in [-0.4, -0.2) is 14.5 Å². The smallest absolute Gasteiger partial charge is 0.0949 e. The lowest BCUT2D eigenvalue weighted by Gasteiger charge is -1.98. The Labute approximate surface area is 74.7 Å². The van der Waals surface area contributed by atoms with Crippen LogP contribution in [0.3, 0.4) is 0 Å². The van der Waals surface area contributed by atoms with E-state index in [-0.39, 0.29) is 0 Å². The third-order valence-electron chi connectivity index (χ3n) is 1.73. The van der Waals surface area contributed by atoms with Crippen molar-refractivity contribution in [2.75, 3.05) is 0 Å². The first-order valence-corrected chi connectivity index (χ1v) is 4.59. The minimum atomic E-state index is 0.885. The van der Waals surface area contributed by atoms with Crippen molar-refractivity contribution in [1.29, 1.82) is 0 Å². The van der Waals surface area contributed by atoms with Crippen LogP contribution in [0.25, 0.3) is 0 Å². The summed E-state index contributed by atoms with van der Waals surface area (Å²) in [5, 5.41) is 0. The van der Waals surface area contributed by atoms with Gasteiger partial charge in [0.2, 0.25) is 0 Å². The number of thiazole rings is 1. The first kappa shape index (κ1) is 7.49. The summed E-state index contributed by atoms with van der Waals surface area (Å²) in [6.07, 6.45) is 5.56. The lowest BCUT2D eigenvalue weighted by Crippen LogP contribution is -1.95. The second-order valence-electron chi connectivity index (χ2n) is 2.60. The van der Waals surface area contributed by atoms with Crippen LogP contribution in [0.5, 0.6) is 0 Å². The Hall–Kier alpha value is -1.16. The van der Waals surface area contributed by atoms with Crippen LogP contribution in [-0.2, 0) is 6.54 Å². The van der Waals surface area contributed by atoms with Gasteiger partial charge in [-0.2, -0.15) is 0 Å². The van der Waals surface area contributed by atoms with Crippen molar-refractivity contribution in [3.63, 3.8) is 0 Å². The Morgan fingerprint density at radius 3 is 3.08 bits per heavy atom. The maximum absolute atomic E-state index is 4.18. The number of aryl methyl sites for hydroxylation is 1. The van der Waals surface area contributed by atoms with Crippen molar-refractivity contribution in [1.82, 2.24) is 14.5 Å². The normalized spacial score (nSPS) is 10.4. The second kappa shape index (κ2) is 3.06. The van der Waals surface area contributed by atoms with E-state index in [1.807, 2.05) is 29.5 Å². The predicted octanol–water partition coefficient (Wildman–Crippen LogP) is 1.70. The Morgan fingerprint density at radius 1 is 1.58 bits per heavy atom. The van der Waals surface area contributed by atoms with Crippen LogP contribution < -0.4 is 0 Å². The van der Waals surface area contributed by atoms with Gasteiger partial charge in [-0.05, 0) is 6.92 Å². The molecule has 0 aliphatic heterocycles. The van der Waals surface area contributed by atoms with Crippen LogP contribution in [0.15, 0.2) is 24.2 Å². The molecular formula is C8H9N3S. The topological polar surface area (TPSA) is 30.7 Å². The first-order valence-electron chi connectivity index (χ1n) is 3.71. The molecule has 4 heteroatoms. The van der Waals surface area contributed by atoms with Crippen LogP contribution >= 0.6 is 11.3 Å². The number of aromatic nitrogens is 3. The van der Waals surface area contributed by atoms with Gasteiger partial charge in [0.15, 0.2) is 0 Å². The largest absolute Gasteiger partial charge is 0.332 e. The fraction of sp³-hybridized carbons (Fsp3) is 0.250. The summed E-state index contributed by atoms with van der Waals surface area (Å²) in [6, 6.07) is 0. The number of imidazole rings is 1. The summed E-state index contributed by atoms with van der Waals surface area (Å²) in [5.41, 5.74) is 3.00. The first-order chi connectivity index (χ1) is 5.86. The van der Waals surface area contributed by atoms with Gasteiger partial charge in [-0.1, -0.05) is 0 Å². The third kappa shape index (κ3) is 1.38. The summed E-state index contributed by atoms with van der Waals surface area (Å²) < 4.78 is 2.04. The molecular weight excluding hydrogens is 170 g/mol. The molecule has 2 heterocycles. The SMILES string of the molecule is Cc1ncsc1Cn1ccnc1. The van der Waals surface area contributed by atoms with Crippen molar-refractivity contribution in [3.05, 3.63) is 34.8 Å². The molecule has 0 aliphatic carbocycles. The number of nitrogens with zero attached hydrogens (tertiary/aromatic N) is 3. The zero-order valence-corrected chi connectivity index (χ0v) is 7.58. The molecule has 2 rings (SSSR count). The predicted molar refractivity (Wildman–Crippen MR) is 48.2 cm³/mol. The summed E-state index contributed by atoms with van der Waals surface area (Å²) >= 11 is 1.69. The highest BCUT2D eigenvalue weighted by atomic mass is 32.1. The molecule has 0 bridgehead atoms. The van der Waals surface area contributed by atoms with Gasteiger partial charge in [0.05, 0.1) is 24.1 Å². The Balaban J connectivity index is 2.20. The van der Waals surface area contributed by atoms with Gasteiger partial charge >= 0.3 is 0 Å². The molecule has 0 N–H and O–H groups in total. The quantitative estimate of drug-likeness (QED) is 0.702. The van der Waals surface area contributed by atoms with Gasteiger partial charge in [-0.3, -0.25) is 0 Å². The summed E-state index contributed by atoms with van der Waals surface area (Å²) in [7, 11) is 0. The minimum absolute atomic E-state index is 0.885. The molecule has 0 amide bonds. The molecule has 62 valence electrons. The van der Waals surface area contributed by atoms with Gasteiger partial charge in [0.25, 0.3) is 0 Å². The van der Waals surface area contributed by atoms with Crippen LogP contribution in [0.2, 0.25) is 0 Å². The molecule has 0 aliphatic rings. The van der Waals surface area contributed by atoms with Crippen molar-refractivity contribution < 1.29 is 0 Å². The van der Waals surface area contributed by atoms with Gasteiger partial charge in [-0.25, -0.2) is 9.97 Å². The summed E-state index contributed by atoms with van der Waals surface area (Å²) in [5.74, 6) is 0. The standard InChI is InChI=1S/C8H9N3S/c1-7-8(12-6-10-7)4-11-3-2-9-5-11/h2-3,5-6H,4H2,1H3. The van der Waals surface area contributed by atoms with E-state index in [1.54, 1.807) is 17.5 Å². The highest BCUT2D eigenvalue weighted by Gasteiger charge is 2.00. The molecule has 0 saturated heterocycles. The zero-order chi connectivity index (χ0) is 8.39. The molecule has 12 heavy (non-hydrogen) atoms.